The van der Waals surface area contributed by atoms with Crippen molar-refractivity contribution in [3.05, 3.63) is 29.6 Å². The molecule has 2 aliphatic rings. The molecule has 2 heterocycles. The van der Waals surface area contributed by atoms with Crippen LogP contribution in [0.25, 0.3) is 0 Å². The van der Waals surface area contributed by atoms with Crippen LogP contribution in [0.1, 0.15) is 64.4 Å². The van der Waals surface area contributed by atoms with Gasteiger partial charge in [-0.2, -0.15) is 0 Å². The fourth-order valence-corrected chi connectivity index (χ4v) is 4.57. The van der Waals surface area contributed by atoms with E-state index in [-0.39, 0.29) is 5.82 Å². The molecule has 3 rings (SSSR count). The molecular weight excluding hydrogens is 311 g/mol. The quantitative estimate of drug-likeness (QED) is 0.664. The van der Waals surface area contributed by atoms with Gasteiger partial charge in [-0.15, -0.1) is 0 Å². The molecule has 1 fully saturated rings. The number of benzene rings is 1. The first-order valence-corrected chi connectivity index (χ1v) is 10.4. The molecule has 25 heavy (non-hydrogen) atoms. The lowest BCUT2D eigenvalue weighted by Crippen LogP contribution is -2.40. The maximum atomic E-state index is 13.7. The average molecular weight is 347 g/mol. The van der Waals surface area contributed by atoms with Crippen LogP contribution < -0.4 is 4.90 Å². The number of likely N-dealkylation sites (tertiary alicyclic amines) is 1. The number of hydrogen-bond donors (Lipinski definition) is 0. The first-order valence-electron chi connectivity index (χ1n) is 10.4. The Morgan fingerprint density at radius 2 is 1.88 bits per heavy atom. The summed E-state index contributed by atoms with van der Waals surface area (Å²) in [4.78, 5) is 5.08. The number of fused-ring (bicyclic) bond motifs is 1. The van der Waals surface area contributed by atoms with E-state index >= 15 is 0 Å². The summed E-state index contributed by atoms with van der Waals surface area (Å²) < 4.78 is 13.7. The van der Waals surface area contributed by atoms with Crippen molar-refractivity contribution in [2.75, 3.05) is 31.1 Å². The van der Waals surface area contributed by atoms with Crippen LogP contribution in [0.4, 0.5) is 10.1 Å². The van der Waals surface area contributed by atoms with Crippen LogP contribution in [0, 0.1) is 11.7 Å². The molecule has 0 radical (unpaired) electrons. The standard InChI is InChI=1S/C22H35FN2/c1-3-4-6-19-11-15-24(16-12-19)13-5-14-25-18(2)7-8-20-9-10-21(23)17-22(20)25/h9-10,17-19H,3-8,11-16H2,1-2H3. The molecule has 0 aromatic heterocycles. The zero-order chi connectivity index (χ0) is 17.6. The molecule has 1 aromatic carbocycles. The van der Waals surface area contributed by atoms with Gasteiger partial charge in [0.05, 0.1) is 0 Å². The minimum Gasteiger partial charge on any atom is -0.368 e. The SMILES string of the molecule is CCCCC1CCN(CCCN2c3cc(F)ccc3CCC2C)CC1. The van der Waals surface area contributed by atoms with Crippen LogP contribution in [-0.2, 0) is 6.42 Å². The maximum absolute atomic E-state index is 13.7. The lowest BCUT2D eigenvalue weighted by Gasteiger charge is -2.38. The summed E-state index contributed by atoms with van der Waals surface area (Å²) in [5, 5.41) is 0. The highest BCUT2D eigenvalue weighted by molar-refractivity contribution is 5.56. The largest absolute Gasteiger partial charge is 0.368 e. The van der Waals surface area contributed by atoms with Gasteiger partial charge >= 0.3 is 0 Å². The van der Waals surface area contributed by atoms with Gasteiger partial charge in [0.15, 0.2) is 0 Å². The summed E-state index contributed by atoms with van der Waals surface area (Å²) in [5.74, 6) is 0.861. The van der Waals surface area contributed by atoms with E-state index in [1.165, 1.54) is 70.1 Å². The fraction of sp³-hybridized carbons (Fsp3) is 0.727. The number of hydrogen-bond acceptors (Lipinski definition) is 2. The van der Waals surface area contributed by atoms with Crippen molar-refractivity contribution in [2.24, 2.45) is 5.92 Å². The Balaban J connectivity index is 1.46. The van der Waals surface area contributed by atoms with Crippen LogP contribution in [-0.4, -0.2) is 37.1 Å². The topological polar surface area (TPSA) is 6.48 Å². The summed E-state index contributed by atoms with van der Waals surface area (Å²) in [6.07, 6.45) is 10.4. The van der Waals surface area contributed by atoms with Gasteiger partial charge in [-0.05, 0) is 82.3 Å². The molecule has 3 heteroatoms. The summed E-state index contributed by atoms with van der Waals surface area (Å²) >= 11 is 0. The Labute approximate surface area is 153 Å². The minimum absolute atomic E-state index is 0.105. The number of nitrogens with zero attached hydrogens (tertiary/aromatic N) is 2. The Kier molecular flexibility index (Phi) is 6.75. The second-order valence-electron chi connectivity index (χ2n) is 8.13. The molecule has 0 amide bonds. The van der Waals surface area contributed by atoms with Crippen molar-refractivity contribution >= 4 is 5.69 Å². The number of unbranched alkanes of at least 4 members (excludes halogenated alkanes) is 1. The van der Waals surface area contributed by atoms with Crippen LogP contribution in [0.15, 0.2) is 18.2 Å². The van der Waals surface area contributed by atoms with Gasteiger partial charge in [0.2, 0.25) is 0 Å². The average Bonchev–Trinajstić information content (AvgIpc) is 2.63. The van der Waals surface area contributed by atoms with Gasteiger partial charge < -0.3 is 9.80 Å². The second kappa shape index (κ2) is 9.02. The van der Waals surface area contributed by atoms with E-state index in [4.69, 9.17) is 0 Å². The van der Waals surface area contributed by atoms with Gasteiger partial charge in [0.25, 0.3) is 0 Å². The van der Waals surface area contributed by atoms with E-state index < -0.39 is 0 Å². The summed E-state index contributed by atoms with van der Waals surface area (Å²) in [5.41, 5.74) is 2.45. The van der Waals surface area contributed by atoms with Crippen molar-refractivity contribution in [1.29, 1.82) is 0 Å². The van der Waals surface area contributed by atoms with E-state index in [2.05, 4.69) is 23.6 Å². The molecule has 2 nitrogen and oxygen atoms in total. The van der Waals surface area contributed by atoms with Gasteiger partial charge in [-0.3, -0.25) is 0 Å². The number of piperidine rings is 1. The van der Waals surface area contributed by atoms with Gasteiger partial charge in [-0.1, -0.05) is 32.3 Å². The highest BCUT2D eigenvalue weighted by atomic mass is 19.1. The highest BCUT2D eigenvalue weighted by Gasteiger charge is 2.24. The number of anilines is 1. The van der Waals surface area contributed by atoms with Crippen LogP contribution >= 0.6 is 0 Å². The van der Waals surface area contributed by atoms with E-state index in [0.29, 0.717) is 6.04 Å². The molecule has 2 aliphatic heterocycles. The molecule has 0 aliphatic carbocycles. The smallest absolute Gasteiger partial charge is 0.125 e. The molecule has 0 bridgehead atoms. The van der Waals surface area contributed by atoms with Crippen molar-refractivity contribution in [3.63, 3.8) is 0 Å². The first-order chi connectivity index (χ1) is 12.2. The number of halogens is 1. The molecule has 1 aromatic rings. The first kappa shape index (κ1) is 18.7. The minimum atomic E-state index is -0.105. The van der Waals surface area contributed by atoms with E-state index in [1.54, 1.807) is 12.1 Å². The third kappa shape index (κ3) is 4.97. The zero-order valence-electron chi connectivity index (χ0n) is 16.1. The van der Waals surface area contributed by atoms with Crippen LogP contribution in [0.2, 0.25) is 0 Å². The fourth-order valence-electron chi connectivity index (χ4n) is 4.57. The molecule has 0 saturated carbocycles. The molecular formula is C22H35FN2. The second-order valence-corrected chi connectivity index (χ2v) is 8.13. The monoisotopic (exact) mass is 346 g/mol. The van der Waals surface area contributed by atoms with Crippen LogP contribution in [0.3, 0.4) is 0 Å². The summed E-state index contributed by atoms with van der Waals surface area (Å²) in [6, 6.07) is 5.85. The van der Waals surface area contributed by atoms with E-state index in [9.17, 15) is 4.39 Å². The Hall–Kier alpha value is -1.09. The molecule has 0 N–H and O–H groups in total. The lowest BCUT2D eigenvalue weighted by molar-refractivity contribution is 0.176. The molecule has 1 unspecified atom stereocenters. The van der Waals surface area contributed by atoms with Gasteiger partial charge in [0, 0.05) is 18.3 Å². The predicted octanol–water partition coefficient (Wildman–Crippen LogP) is 5.26. The van der Waals surface area contributed by atoms with Crippen molar-refractivity contribution in [1.82, 2.24) is 4.90 Å². The molecule has 0 spiro atoms. The van der Waals surface area contributed by atoms with Gasteiger partial charge in [-0.25, -0.2) is 4.39 Å². The van der Waals surface area contributed by atoms with Crippen molar-refractivity contribution < 1.29 is 4.39 Å². The van der Waals surface area contributed by atoms with E-state index in [0.717, 1.165) is 24.6 Å². The molecule has 1 saturated heterocycles. The van der Waals surface area contributed by atoms with Crippen molar-refractivity contribution in [2.45, 2.75) is 71.3 Å². The van der Waals surface area contributed by atoms with E-state index in [1.807, 2.05) is 6.07 Å². The highest BCUT2D eigenvalue weighted by Crippen LogP contribution is 2.31. The predicted molar refractivity (Wildman–Crippen MR) is 105 cm³/mol. The number of rotatable bonds is 7. The Morgan fingerprint density at radius 1 is 1.08 bits per heavy atom. The lowest BCUT2D eigenvalue weighted by atomic mass is 9.91. The molecule has 1 atom stereocenters. The maximum Gasteiger partial charge on any atom is 0.125 e. The third-order valence-corrected chi connectivity index (χ3v) is 6.27. The summed E-state index contributed by atoms with van der Waals surface area (Å²) in [6.45, 7) is 9.36. The number of aryl methyl sites for hydroxylation is 1. The third-order valence-electron chi connectivity index (χ3n) is 6.27. The normalized spacial score (nSPS) is 22.2. The van der Waals surface area contributed by atoms with Gasteiger partial charge in [0.1, 0.15) is 5.82 Å². The summed E-state index contributed by atoms with van der Waals surface area (Å²) in [7, 11) is 0. The molecule has 140 valence electrons. The Morgan fingerprint density at radius 3 is 2.64 bits per heavy atom. The zero-order valence-corrected chi connectivity index (χ0v) is 16.1. The van der Waals surface area contributed by atoms with Crippen molar-refractivity contribution in [3.8, 4) is 0 Å². The van der Waals surface area contributed by atoms with Crippen LogP contribution in [0.5, 0.6) is 0 Å². The Bertz CT molecular complexity index is 537.